The summed E-state index contributed by atoms with van der Waals surface area (Å²) >= 11 is 0. The molecule has 0 unspecified atom stereocenters. The molecule has 4 heteroatoms. The smallest absolute Gasteiger partial charge is 0.271 e. The Hall–Kier alpha value is -1.97. The van der Waals surface area contributed by atoms with Gasteiger partial charge in [0, 0.05) is 24.1 Å². The number of amides is 1. The van der Waals surface area contributed by atoms with Gasteiger partial charge in [-0.15, -0.1) is 0 Å². The average molecular weight is 314 g/mol. The zero-order valence-corrected chi connectivity index (χ0v) is 14.7. The molecule has 0 heterocycles. The first-order chi connectivity index (χ1) is 10.6. The van der Waals surface area contributed by atoms with E-state index in [9.17, 15) is 9.59 Å². The number of hydrogen-bond acceptors (Lipinski definition) is 3. The number of ketones is 1. The summed E-state index contributed by atoms with van der Waals surface area (Å²) in [4.78, 5) is 23.9. The van der Waals surface area contributed by atoms with Crippen LogP contribution in [-0.2, 0) is 10.2 Å². The summed E-state index contributed by atoms with van der Waals surface area (Å²) in [6.07, 6.45) is 1.66. The predicted molar refractivity (Wildman–Crippen MR) is 92.7 cm³/mol. The first-order valence-electron chi connectivity index (χ1n) is 8.05. The Morgan fingerprint density at radius 2 is 1.74 bits per heavy atom. The average Bonchev–Trinajstić information content (AvgIpc) is 2.42. The SMILES string of the molecule is CC1(C)CC(=O)CC(=NNC(=O)c2ccc(C(C)(C)C)cc2)C1. The maximum absolute atomic E-state index is 12.2. The van der Waals surface area contributed by atoms with Gasteiger partial charge in [-0.25, -0.2) is 5.43 Å². The van der Waals surface area contributed by atoms with Crippen LogP contribution in [0.2, 0.25) is 0 Å². The van der Waals surface area contributed by atoms with Crippen molar-refractivity contribution in [2.24, 2.45) is 10.5 Å². The second kappa shape index (κ2) is 6.26. The number of carbonyl (C=O) groups is 2. The van der Waals surface area contributed by atoms with Gasteiger partial charge in [0.05, 0.1) is 0 Å². The summed E-state index contributed by atoms with van der Waals surface area (Å²) in [7, 11) is 0. The van der Waals surface area contributed by atoms with Gasteiger partial charge in [-0.1, -0.05) is 46.8 Å². The third kappa shape index (κ3) is 4.75. The second-order valence-corrected chi connectivity index (χ2v) is 8.18. The quantitative estimate of drug-likeness (QED) is 0.843. The Labute approximate surface area is 138 Å². The molecule has 1 saturated carbocycles. The molecule has 4 nitrogen and oxygen atoms in total. The van der Waals surface area contributed by atoms with Crippen molar-refractivity contribution in [1.29, 1.82) is 0 Å². The number of nitrogens with zero attached hydrogens (tertiary/aromatic N) is 1. The molecule has 0 spiro atoms. The van der Waals surface area contributed by atoms with Gasteiger partial charge in [-0.05, 0) is 34.9 Å². The van der Waals surface area contributed by atoms with E-state index >= 15 is 0 Å². The zero-order valence-electron chi connectivity index (χ0n) is 14.7. The molecule has 2 rings (SSSR count). The lowest BCUT2D eigenvalue weighted by molar-refractivity contribution is -0.120. The third-order valence-corrected chi connectivity index (χ3v) is 4.09. The molecule has 23 heavy (non-hydrogen) atoms. The molecule has 0 saturated heterocycles. The number of Topliss-reactive ketones (excluding diaryl/α,β-unsaturated/α-hetero) is 1. The molecule has 1 fully saturated rings. The maximum atomic E-state index is 12.2. The van der Waals surface area contributed by atoms with Crippen LogP contribution in [-0.4, -0.2) is 17.4 Å². The fourth-order valence-corrected chi connectivity index (χ4v) is 2.90. The van der Waals surface area contributed by atoms with E-state index in [0.717, 1.165) is 12.1 Å². The highest BCUT2D eigenvalue weighted by atomic mass is 16.2. The fraction of sp³-hybridized carbons (Fsp3) is 0.526. The topological polar surface area (TPSA) is 58.5 Å². The lowest BCUT2D eigenvalue weighted by Gasteiger charge is -2.29. The van der Waals surface area contributed by atoms with E-state index in [4.69, 9.17) is 0 Å². The monoisotopic (exact) mass is 314 g/mol. The molecular formula is C19H26N2O2. The molecule has 1 amide bonds. The molecule has 1 aromatic rings. The molecule has 1 N–H and O–H groups in total. The Balaban J connectivity index is 2.04. The minimum atomic E-state index is -0.242. The van der Waals surface area contributed by atoms with Gasteiger partial charge in [0.1, 0.15) is 5.78 Å². The van der Waals surface area contributed by atoms with E-state index in [1.165, 1.54) is 5.56 Å². The van der Waals surface area contributed by atoms with E-state index in [1.54, 1.807) is 0 Å². The van der Waals surface area contributed by atoms with Crippen LogP contribution in [0.15, 0.2) is 29.4 Å². The summed E-state index contributed by atoms with van der Waals surface area (Å²) < 4.78 is 0. The highest BCUT2D eigenvalue weighted by Crippen LogP contribution is 2.31. The van der Waals surface area contributed by atoms with Crippen LogP contribution in [0.3, 0.4) is 0 Å². The number of nitrogens with one attached hydrogen (secondary N) is 1. The van der Waals surface area contributed by atoms with Crippen molar-refractivity contribution in [3.8, 4) is 0 Å². The minimum absolute atomic E-state index is 0.0588. The molecular weight excluding hydrogens is 288 g/mol. The molecule has 0 aliphatic heterocycles. The largest absolute Gasteiger partial charge is 0.299 e. The first-order valence-corrected chi connectivity index (χ1v) is 8.05. The lowest BCUT2D eigenvalue weighted by atomic mass is 9.76. The van der Waals surface area contributed by atoms with Gasteiger partial charge in [-0.2, -0.15) is 5.10 Å². The molecule has 0 aromatic heterocycles. The minimum Gasteiger partial charge on any atom is -0.299 e. The number of hydrogen-bond donors (Lipinski definition) is 1. The molecule has 0 radical (unpaired) electrons. The molecule has 124 valence electrons. The molecule has 1 aliphatic carbocycles. The summed E-state index contributed by atoms with van der Waals surface area (Å²) in [5.41, 5.74) is 5.07. The van der Waals surface area contributed by atoms with Crippen LogP contribution < -0.4 is 5.43 Å². The van der Waals surface area contributed by atoms with Gasteiger partial charge >= 0.3 is 0 Å². The van der Waals surface area contributed by atoms with Crippen LogP contribution in [0, 0.1) is 5.41 Å². The number of rotatable bonds is 2. The van der Waals surface area contributed by atoms with Crippen molar-refractivity contribution >= 4 is 17.4 Å². The van der Waals surface area contributed by atoms with Crippen LogP contribution >= 0.6 is 0 Å². The summed E-state index contributed by atoms with van der Waals surface area (Å²) in [6.45, 7) is 10.5. The van der Waals surface area contributed by atoms with Gasteiger partial charge < -0.3 is 0 Å². The number of hydrazone groups is 1. The number of benzene rings is 1. The van der Waals surface area contributed by atoms with Crippen LogP contribution in [0.25, 0.3) is 0 Å². The van der Waals surface area contributed by atoms with Gasteiger partial charge in [-0.3, -0.25) is 9.59 Å². The Morgan fingerprint density at radius 3 is 2.26 bits per heavy atom. The van der Waals surface area contributed by atoms with E-state index in [1.807, 2.05) is 38.1 Å². The van der Waals surface area contributed by atoms with Gasteiger partial charge in [0.25, 0.3) is 5.91 Å². The Kier molecular flexibility index (Phi) is 4.73. The normalized spacial score (nSPS) is 19.7. The zero-order chi connectivity index (χ0) is 17.3. The van der Waals surface area contributed by atoms with Crippen LogP contribution in [0.5, 0.6) is 0 Å². The van der Waals surface area contributed by atoms with Crippen molar-refractivity contribution < 1.29 is 9.59 Å². The lowest BCUT2D eigenvalue weighted by Crippen LogP contribution is -2.31. The highest BCUT2D eigenvalue weighted by molar-refractivity contribution is 6.05. The van der Waals surface area contributed by atoms with E-state index < -0.39 is 0 Å². The summed E-state index contributed by atoms with van der Waals surface area (Å²) in [6, 6.07) is 7.56. The third-order valence-electron chi connectivity index (χ3n) is 4.09. The van der Waals surface area contributed by atoms with Crippen molar-refractivity contribution in [2.45, 2.75) is 59.3 Å². The van der Waals surface area contributed by atoms with Crippen LogP contribution in [0.1, 0.15) is 69.8 Å². The second-order valence-electron chi connectivity index (χ2n) is 8.18. The van der Waals surface area contributed by atoms with Crippen LogP contribution in [0.4, 0.5) is 0 Å². The van der Waals surface area contributed by atoms with E-state index in [-0.39, 0.29) is 22.5 Å². The van der Waals surface area contributed by atoms with Crippen molar-refractivity contribution in [3.05, 3.63) is 35.4 Å². The Bertz CT molecular complexity index is 634. The summed E-state index contributed by atoms with van der Waals surface area (Å²) in [5, 5.41) is 4.17. The van der Waals surface area contributed by atoms with E-state index in [2.05, 4.69) is 31.3 Å². The number of carbonyl (C=O) groups excluding carboxylic acids is 2. The fourth-order valence-electron chi connectivity index (χ4n) is 2.90. The molecule has 0 bridgehead atoms. The standard InChI is InChI=1S/C19H26N2O2/c1-18(2,3)14-8-6-13(7-9-14)17(23)21-20-15-10-16(22)12-19(4,5)11-15/h6-9H,10-12H2,1-5H3,(H,21,23). The van der Waals surface area contributed by atoms with Gasteiger partial charge in [0.2, 0.25) is 0 Å². The molecule has 1 aromatic carbocycles. The van der Waals surface area contributed by atoms with E-state index in [0.29, 0.717) is 18.4 Å². The predicted octanol–water partition coefficient (Wildman–Crippen LogP) is 3.85. The molecule has 0 atom stereocenters. The van der Waals surface area contributed by atoms with Crippen molar-refractivity contribution in [2.75, 3.05) is 0 Å². The van der Waals surface area contributed by atoms with Crippen molar-refractivity contribution in [1.82, 2.24) is 5.43 Å². The molecule has 1 aliphatic rings. The Morgan fingerprint density at radius 1 is 1.13 bits per heavy atom. The highest BCUT2D eigenvalue weighted by Gasteiger charge is 2.30. The van der Waals surface area contributed by atoms with Crippen molar-refractivity contribution in [3.63, 3.8) is 0 Å². The summed E-state index contributed by atoms with van der Waals surface area (Å²) in [5.74, 6) is -0.0578. The van der Waals surface area contributed by atoms with Gasteiger partial charge in [0.15, 0.2) is 0 Å². The first kappa shape index (κ1) is 17.4. The maximum Gasteiger partial charge on any atom is 0.271 e.